The Morgan fingerprint density at radius 3 is 1.94 bits per heavy atom. The van der Waals surface area contributed by atoms with Crippen molar-refractivity contribution in [3.63, 3.8) is 0 Å². The highest BCUT2D eigenvalue weighted by Gasteiger charge is 2.16. The largest absolute Gasteiger partial charge is 0.391 e. The number of hydrogen-bond acceptors (Lipinski definition) is 2. The zero-order valence-corrected chi connectivity index (χ0v) is 9.88. The number of aliphatic hydroxyl groups excluding tert-OH is 1. The van der Waals surface area contributed by atoms with Crippen LogP contribution in [-0.2, 0) is 0 Å². The number of rotatable bonds is 4. The van der Waals surface area contributed by atoms with Crippen molar-refractivity contribution in [1.82, 2.24) is 0 Å². The van der Waals surface area contributed by atoms with Gasteiger partial charge in [-0.25, -0.2) is 0 Å². The maximum Gasteiger partial charge on any atom is 0.0770 e. The van der Waals surface area contributed by atoms with Crippen LogP contribution in [0.25, 0.3) is 0 Å². The number of nitrogens with one attached hydrogen (secondary N) is 1. The van der Waals surface area contributed by atoms with E-state index in [1.165, 1.54) is 0 Å². The summed E-state index contributed by atoms with van der Waals surface area (Å²) >= 11 is 0. The molecule has 0 fully saturated rings. The van der Waals surface area contributed by atoms with Crippen molar-refractivity contribution in [1.29, 1.82) is 0 Å². The Hall–Kier alpha value is -1.80. The summed E-state index contributed by atoms with van der Waals surface area (Å²) in [7, 11) is 0. The van der Waals surface area contributed by atoms with Crippen molar-refractivity contribution in [2.24, 2.45) is 0 Å². The Kier molecular flexibility index (Phi) is 3.78. The van der Waals surface area contributed by atoms with Crippen molar-refractivity contribution in [3.05, 3.63) is 66.2 Å². The average Bonchev–Trinajstić information content (AvgIpc) is 2.38. The SMILES string of the molecule is C[C@@H](O)[C@@H](Nc1ccccc1)c1ccccc1. The van der Waals surface area contributed by atoms with E-state index in [-0.39, 0.29) is 6.04 Å². The molecule has 0 saturated heterocycles. The molecule has 0 aliphatic rings. The number of anilines is 1. The first-order valence-electron chi connectivity index (χ1n) is 5.82. The Morgan fingerprint density at radius 2 is 1.41 bits per heavy atom. The normalized spacial score (nSPS) is 14.0. The van der Waals surface area contributed by atoms with E-state index in [1.807, 2.05) is 60.7 Å². The molecule has 2 aromatic carbocycles. The molecule has 0 spiro atoms. The first kappa shape index (κ1) is 11.7. The lowest BCUT2D eigenvalue weighted by Crippen LogP contribution is -2.22. The van der Waals surface area contributed by atoms with Crippen LogP contribution < -0.4 is 5.32 Å². The van der Waals surface area contributed by atoms with Gasteiger partial charge in [-0.2, -0.15) is 0 Å². The molecule has 0 aromatic heterocycles. The topological polar surface area (TPSA) is 32.3 Å². The molecule has 2 heteroatoms. The fourth-order valence-corrected chi connectivity index (χ4v) is 1.86. The van der Waals surface area contributed by atoms with Gasteiger partial charge in [0.25, 0.3) is 0 Å². The molecular formula is C15H17NO. The average molecular weight is 227 g/mol. The number of benzene rings is 2. The summed E-state index contributed by atoms with van der Waals surface area (Å²) in [6, 6.07) is 19.8. The lowest BCUT2D eigenvalue weighted by Gasteiger charge is -2.23. The van der Waals surface area contributed by atoms with E-state index in [2.05, 4.69) is 5.32 Å². The predicted octanol–water partition coefficient (Wildman–Crippen LogP) is 3.22. The van der Waals surface area contributed by atoms with Crippen molar-refractivity contribution < 1.29 is 5.11 Å². The summed E-state index contributed by atoms with van der Waals surface area (Å²) < 4.78 is 0. The van der Waals surface area contributed by atoms with E-state index in [0.29, 0.717) is 0 Å². The standard InChI is InChI=1S/C15H17NO/c1-12(17)15(13-8-4-2-5-9-13)16-14-10-6-3-7-11-14/h2-12,15-17H,1H3/t12-,15-/m1/s1. The van der Waals surface area contributed by atoms with Gasteiger partial charge in [-0.05, 0) is 24.6 Å². The van der Waals surface area contributed by atoms with Gasteiger partial charge in [0.2, 0.25) is 0 Å². The molecule has 2 rings (SSSR count). The minimum atomic E-state index is -0.447. The maximum atomic E-state index is 9.86. The zero-order valence-electron chi connectivity index (χ0n) is 9.88. The van der Waals surface area contributed by atoms with Gasteiger partial charge in [-0.1, -0.05) is 48.5 Å². The summed E-state index contributed by atoms with van der Waals surface area (Å²) in [6.45, 7) is 1.80. The van der Waals surface area contributed by atoms with Crippen LogP contribution in [0.1, 0.15) is 18.5 Å². The summed E-state index contributed by atoms with van der Waals surface area (Å²) in [5.74, 6) is 0. The van der Waals surface area contributed by atoms with Crippen LogP contribution in [-0.4, -0.2) is 11.2 Å². The minimum absolute atomic E-state index is 0.0846. The van der Waals surface area contributed by atoms with Crippen molar-refractivity contribution in [3.8, 4) is 0 Å². The van der Waals surface area contributed by atoms with Crippen molar-refractivity contribution >= 4 is 5.69 Å². The summed E-state index contributed by atoms with van der Waals surface area (Å²) in [4.78, 5) is 0. The fraction of sp³-hybridized carbons (Fsp3) is 0.200. The van der Waals surface area contributed by atoms with Gasteiger partial charge in [0.1, 0.15) is 0 Å². The smallest absolute Gasteiger partial charge is 0.0770 e. The van der Waals surface area contributed by atoms with E-state index in [9.17, 15) is 5.11 Å². The fourth-order valence-electron chi connectivity index (χ4n) is 1.86. The van der Waals surface area contributed by atoms with E-state index in [0.717, 1.165) is 11.3 Å². The van der Waals surface area contributed by atoms with Gasteiger partial charge < -0.3 is 10.4 Å². The molecule has 2 nitrogen and oxygen atoms in total. The van der Waals surface area contributed by atoms with E-state index in [4.69, 9.17) is 0 Å². The van der Waals surface area contributed by atoms with E-state index < -0.39 is 6.10 Å². The van der Waals surface area contributed by atoms with Crippen LogP contribution in [0.15, 0.2) is 60.7 Å². The molecule has 2 N–H and O–H groups in total. The van der Waals surface area contributed by atoms with Crippen LogP contribution >= 0.6 is 0 Å². The van der Waals surface area contributed by atoms with Crippen LogP contribution in [0.5, 0.6) is 0 Å². The second kappa shape index (κ2) is 5.51. The molecule has 88 valence electrons. The third-order valence-corrected chi connectivity index (χ3v) is 2.74. The van der Waals surface area contributed by atoms with Crippen LogP contribution in [0, 0.1) is 0 Å². The van der Waals surface area contributed by atoms with Gasteiger partial charge in [-0.3, -0.25) is 0 Å². The molecule has 0 bridgehead atoms. The number of hydrogen-bond donors (Lipinski definition) is 2. The van der Waals surface area contributed by atoms with Crippen LogP contribution in [0.3, 0.4) is 0 Å². The second-order valence-corrected chi connectivity index (χ2v) is 4.14. The van der Waals surface area contributed by atoms with Crippen LogP contribution in [0.2, 0.25) is 0 Å². The molecule has 0 heterocycles. The number of aliphatic hydroxyl groups is 1. The maximum absolute atomic E-state index is 9.86. The molecule has 2 aromatic rings. The minimum Gasteiger partial charge on any atom is -0.391 e. The van der Waals surface area contributed by atoms with Gasteiger partial charge in [0.05, 0.1) is 12.1 Å². The summed E-state index contributed by atoms with van der Waals surface area (Å²) in [5.41, 5.74) is 2.11. The zero-order chi connectivity index (χ0) is 12.1. The van der Waals surface area contributed by atoms with Crippen molar-refractivity contribution in [2.45, 2.75) is 19.1 Å². The van der Waals surface area contributed by atoms with Crippen molar-refractivity contribution in [2.75, 3.05) is 5.32 Å². The van der Waals surface area contributed by atoms with Gasteiger partial charge in [0, 0.05) is 5.69 Å². The van der Waals surface area contributed by atoms with E-state index >= 15 is 0 Å². The molecule has 0 saturated carbocycles. The van der Waals surface area contributed by atoms with Gasteiger partial charge >= 0.3 is 0 Å². The summed E-state index contributed by atoms with van der Waals surface area (Å²) in [5, 5.41) is 13.2. The third-order valence-electron chi connectivity index (χ3n) is 2.74. The molecule has 0 unspecified atom stereocenters. The Bertz CT molecular complexity index is 439. The summed E-state index contributed by atoms with van der Waals surface area (Å²) in [6.07, 6.45) is -0.447. The molecular weight excluding hydrogens is 210 g/mol. The molecule has 0 radical (unpaired) electrons. The lowest BCUT2D eigenvalue weighted by molar-refractivity contribution is 0.172. The van der Waals surface area contributed by atoms with E-state index in [1.54, 1.807) is 6.92 Å². The second-order valence-electron chi connectivity index (χ2n) is 4.14. The molecule has 0 aliphatic heterocycles. The number of para-hydroxylation sites is 1. The Balaban J connectivity index is 2.20. The monoisotopic (exact) mass is 227 g/mol. The highest BCUT2D eigenvalue weighted by atomic mass is 16.3. The molecule has 2 atom stereocenters. The highest BCUT2D eigenvalue weighted by Crippen LogP contribution is 2.22. The van der Waals surface area contributed by atoms with Gasteiger partial charge in [0.15, 0.2) is 0 Å². The quantitative estimate of drug-likeness (QED) is 0.840. The molecule has 0 aliphatic carbocycles. The third kappa shape index (κ3) is 3.08. The first-order chi connectivity index (χ1) is 8.27. The predicted molar refractivity (Wildman–Crippen MR) is 70.9 cm³/mol. The molecule has 0 amide bonds. The molecule has 17 heavy (non-hydrogen) atoms. The van der Waals surface area contributed by atoms with Gasteiger partial charge in [-0.15, -0.1) is 0 Å². The Labute approximate surface area is 102 Å². The van der Waals surface area contributed by atoms with Crippen LogP contribution in [0.4, 0.5) is 5.69 Å². The highest BCUT2D eigenvalue weighted by molar-refractivity contribution is 5.45. The lowest BCUT2D eigenvalue weighted by atomic mass is 10.0. The first-order valence-corrected chi connectivity index (χ1v) is 5.82. The Morgan fingerprint density at radius 1 is 0.882 bits per heavy atom.